The van der Waals surface area contributed by atoms with Gasteiger partial charge in [0.1, 0.15) is 0 Å². The van der Waals surface area contributed by atoms with Gasteiger partial charge in [-0.1, -0.05) is 0 Å². The van der Waals surface area contributed by atoms with Crippen LogP contribution in [-0.2, 0) is 10.3 Å². The number of hydrogen-bond acceptors (Lipinski definition) is 2. The minimum Gasteiger partial charge on any atom is -0.269 e. The highest BCUT2D eigenvalue weighted by Gasteiger charge is 2.11. The van der Waals surface area contributed by atoms with Crippen LogP contribution in [0.5, 0.6) is 0 Å². The highest BCUT2D eigenvalue weighted by atomic mass is 32.2. The standard InChI is InChI=1S/C2H2F3NO3S/c3-1(4)2(5)6-10(7,8)9/h6H,(H,7,8,9). The van der Waals surface area contributed by atoms with Crippen LogP contribution in [0.25, 0.3) is 0 Å². The third-order valence-electron chi connectivity index (χ3n) is 0.385. The van der Waals surface area contributed by atoms with Crippen molar-refractivity contribution in [3.05, 3.63) is 12.0 Å². The first-order valence-corrected chi connectivity index (χ1v) is 3.23. The fourth-order valence-electron chi connectivity index (χ4n) is 0.152. The summed E-state index contributed by atoms with van der Waals surface area (Å²) in [4.78, 5) is 0. The molecular formula is C2H2F3NO3S. The highest BCUT2D eigenvalue weighted by molar-refractivity contribution is 7.83. The molecule has 0 atom stereocenters. The summed E-state index contributed by atoms with van der Waals surface area (Å²) < 4.78 is 60.9. The Bertz CT molecular complexity index is 240. The zero-order valence-corrected chi connectivity index (χ0v) is 5.12. The van der Waals surface area contributed by atoms with E-state index in [1.54, 1.807) is 0 Å². The molecule has 0 bridgehead atoms. The summed E-state index contributed by atoms with van der Waals surface area (Å²) in [6.07, 6.45) is -2.85. The molecule has 0 saturated carbocycles. The Labute approximate surface area is 54.2 Å². The van der Waals surface area contributed by atoms with Crippen molar-refractivity contribution in [3.63, 3.8) is 0 Å². The molecule has 0 amide bonds. The zero-order valence-electron chi connectivity index (χ0n) is 4.31. The molecule has 8 heteroatoms. The van der Waals surface area contributed by atoms with Gasteiger partial charge in [-0.15, -0.1) is 0 Å². The molecule has 0 saturated heterocycles. The van der Waals surface area contributed by atoms with Crippen LogP contribution in [-0.4, -0.2) is 13.0 Å². The van der Waals surface area contributed by atoms with Gasteiger partial charge in [0.15, 0.2) is 0 Å². The van der Waals surface area contributed by atoms with Crippen molar-refractivity contribution in [2.24, 2.45) is 0 Å². The molecule has 0 aliphatic rings. The molecule has 0 aliphatic carbocycles. The van der Waals surface area contributed by atoms with Crippen LogP contribution in [0, 0.1) is 0 Å². The van der Waals surface area contributed by atoms with Crippen LogP contribution in [0.3, 0.4) is 0 Å². The molecule has 0 radical (unpaired) electrons. The Kier molecular flexibility index (Phi) is 2.66. The summed E-state index contributed by atoms with van der Waals surface area (Å²) in [7, 11) is -4.93. The smallest absolute Gasteiger partial charge is 0.269 e. The van der Waals surface area contributed by atoms with E-state index < -0.39 is 22.3 Å². The summed E-state index contributed by atoms with van der Waals surface area (Å²) in [6.45, 7) is 0. The summed E-state index contributed by atoms with van der Waals surface area (Å²) in [5.41, 5.74) is 0. The van der Waals surface area contributed by atoms with Gasteiger partial charge < -0.3 is 0 Å². The molecule has 60 valence electrons. The van der Waals surface area contributed by atoms with E-state index in [0.29, 0.717) is 4.72 Å². The average Bonchev–Trinajstić information content (AvgIpc) is 1.60. The summed E-state index contributed by atoms with van der Waals surface area (Å²) >= 11 is 0. The van der Waals surface area contributed by atoms with Gasteiger partial charge in [0.2, 0.25) is 0 Å². The molecule has 4 nitrogen and oxygen atoms in total. The van der Waals surface area contributed by atoms with Crippen molar-refractivity contribution in [2.45, 2.75) is 0 Å². The third-order valence-corrected chi connectivity index (χ3v) is 0.822. The van der Waals surface area contributed by atoms with Crippen LogP contribution >= 0.6 is 0 Å². The van der Waals surface area contributed by atoms with E-state index >= 15 is 0 Å². The fraction of sp³-hybridized carbons (Fsp3) is 0. The second-order valence-corrected chi connectivity index (χ2v) is 2.31. The average molecular weight is 177 g/mol. The highest BCUT2D eigenvalue weighted by Crippen LogP contribution is 2.05. The number of halogens is 3. The van der Waals surface area contributed by atoms with E-state index in [4.69, 9.17) is 4.55 Å². The Balaban J connectivity index is 4.35. The zero-order chi connectivity index (χ0) is 8.36. The van der Waals surface area contributed by atoms with Crippen molar-refractivity contribution >= 4 is 10.3 Å². The maximum Gasteiger partial charge on any atom is 0.359 e. The predicted octanol–water partition coefficient (Wildman–Crippen LogP) is 0.414. The molecule has 10 heavy (non-hydrogen) atoms. The topological polar surface area (TPSA) is 66.4 Å². The monoisotopic (exact) mass is 177 g/mol. The molecule has 0 rings (SSSR count). The molecule has 0 aliphatic heterocycles. The maximum atomic E-state index is 11.5. The lowest BCUT2D eigenvalue weighted by Crippen LogP contribution is -2.20. The molecule has 2 N–H and O–H groups in total. The van der Waals surface area contributed by atoms with Crippen molar-refractivity contribution in [1.29, 1.82) is 0 Å². The number of rotatable bonds is 2. The summed E-state index contributed by atoms with van der Waals surface area (Å²) in [5, 5.41) is 0. The third kappa shape index (κ3) is 4.15. The van der Waals surface area contributed by atoms with E-state index in [-0.39, 0.29) is 0 Å². The second-order valence-electron chi connectivity index (χ2n) is 1.15. The molecule has 0 unspecified atom stereocenters. The minimum atomic E-state index is -4.93. The lowest BCUT2D eigenvalue weighted by atomic mass is 10.9. The van der Waals surface area contributed by atoms with Gasteiger partial charge in [-0.05, 0) is 0 Å². The minimum absolute atomic E-state index is 0.509. The first kappa shape index (κ1) is 9.24. The predicted molar refractivity (Wildman–Crippen MR) is 25.0 cm³/mol. The van der Waals surface area contributed by atoms with Crippen molar-refractivity contribution < 1.29 is 26.1 Å². The first-order chi connectivity index (χ1) is 4.33. The molecule has 0 heterocycles. The van der Waals surface area contributed by atoms with E-state index in [1.165, 1.54) is 0 Å². The molecule has 0 aromatic carbocycles. The molecule has 0 fully saturated rings. The van der Waals surface area contributed by atoms with E-state index in [1.807, 2.05) is 0 Å². The summed E-state index contributed by atoms with van der Waals surface area (Å²) in [5.74, 6) is -2.39. The van der Waals surface area contributed by atoms with Gasteiger partial charge in [0.05, 0.1) is 0 Å². The van der Waals surface area contributed by atoms with E-state index in [2.05, 4.69) is 0 Å². The van der Waals surface area contributed by atoms with Gasteiger partial charge in [-0.3, -0.25) is 4.55 Å². The quantitative estimate of drug-likeness (QED) is 0.474. The molecular weight excluding hydrogens is 175 g/mol. The van der Waals surface area contributed by atoms with Crippen molar-refractivity contribution in [3.8, 4) is 0 Å². The Morgan fingerprint density at radius 1 is 1.30 bits per heavy atom. The van der Waals surface area contributed by atoms with Crippen molar-refractivity contribution in [2.75, 3.05) is 0 Å². The van der Waals surface area contributed by atoms with Crippen LogP contribution < -0.4 is 4.72 Å². The summed E-state index contributed by atoms with van der Waals surface area (Å²) in [6, 6.07) is 0. The normalized spacial score (nSPS) is 10.8. The SMILES string of the molecule is O=S(=O)(O)NC(F)=C(F)F. The van der Waals surface area contributed by atoms with Crippen molar-refractivity contribution in [1.82, 2.24) is 4.72 Å². The fourth-order valence-corrected chi connectivity index (χ4v) is 0.455. The Hall–Kier alpha value is -0.760. The second kappa shape index (κ2) is 2.88. The van der Waals surface area contributed by atoms with Gasteiger partial charge in [0, 0.05) is 0 Å². The van der Waals surface area contributed by atoms with Crippen LogP contribution in [0.2, 0.25) is 0 Å². The van der Waals surface area contributed by atoms with Crippen LogP contribution in [0.15, 0.2) is 12.0 Å². The van der Waals surface area contributed by atoms with E-state index in [9.17, 15) is 21.6 Å². The lowest BCUT2D eigenvalue weighted by molar-refractivity contribution is 0.365. The molecule has 0 aromatic heterocycles. The van der Waals surface area contributed by atoms with E-state index in [0.717, 1.165) is 0 Å². The van der Waals surface area contributed by atoms with Gasteiger partial charge in [0.25, 0.3) is 5.95 Å². The van der Waals surface area contributed by atoms with Gasteiger partial charge in [-0.25, -0.2) is 4.72 Å². The Morgan fingerprint density at radius 3 is 1.80 bits per heavy atom. The molecule has 0 spiro atoms. The number of nitrogens with one attached hydrogen (secondary N) is 1. The largest absolute Gasteiger partial charge is 0.359 e. The van der Waals surface area contributed by atoms with Gasteiger partial charge in [-0.2, -0.15) is 21.6 Å². The lowest BCUT2D eigenvalue weighted by Gasteiger charge is -1.94. The van der Waals surface area contributed by atoms with Crippen LogP contribution in [0.1, 0.15) is 0 Å². The number of hydrogen-bond donors (Lipinski definition) is 2. The first-order valence-electron chi connectivity index (χ1n) is 1.79. The van der Waals surface area contributed by atoms with Gasteiger partial charge >= 0.3 is 16.4 Å². The van der Waals surface area contributed by atoms with Crippen LogP contribution in [0.4, 0.5) is 13.2 Å². The maximum absolute atomic E-state index is 11.5. The Morgan fingerprint density at radius 2 is 1.70 bits per heavy atom. The molecule has 0 aromatic rings.